The summed E-state index contributed by atoms with van der Waals surface area (Å²) in [7, 11) is 0. The molecule has 0 bridgehead atoms. The number of ether oxygens (including phenoxy) is 1. The van der Waals surface area contributed by atoms with Crippen LogP contribution in [0.5, 0.6) is 5.75 Å². The van der Waals surface area contributed by atoms with E-state index in [1.807, 2.05) is 61.5 Å². The molecule has 6 heteroatoms. The molecule has 29 heavy (non-hydrogen) atoms. The molecule has 0 unspecified atom stereocenters. The van der Waals surface area contributed by atoms with E-state index in [1.165, 1.54) is 0 Å². The van der Waals surface area contributed by atoms with Crippen LogP contribution in [-0.4, -0.2) is 42.7 Å². The number of anilines is 1. The van der Waals surface area contributed by atoms with Crippen molar-refractivity contribution >= 4 is 17.5 Å². The Hall–Kier alpha value is -2.86. The number of para-hydroxylation sites is 2. The van der Waals surface area contributed by atoms with Gasteiger partial charge in [0, 0.05) is 24.9 Å². The second-order valence-corrected chi connectivity index (χ2v) is 7.82. The van der Waals surface area contributed by atoms with Crippen molar-refractivity contribution in [2.75, 3.05) is 24.6 Å². The number of aliphatic hydroxyl groups excluding tert-OH is 1. The van der Waals surface area contributed by atoms with Gasteiger partial charge in [0.1, 0.15) is 5.75 Å². The summed E-state index contributed by atoms with van der Waals surface area (Å²) in [5.74, 6) is 0.341. The van der Waals surface area contributed by atoms with Crippen molar-refractivity contribution in [2.24, 2.45) is 5.41 Å². The van der Waals surface area contributed by atoms with Crippen LogP contribution in [0.25, 0.3) is 0 Å². The van der Waals surface area contributed by atoms with E-state index in [0.29, 0.717) is 24.4 Å². The summed E-state index contributed by atoms with van der Waals surface area (Å²) in [4.78, 5) is 26.3. The molecular weight excluding hydrogens is 368 g/mol. The van der Waals surface area contributed by atoms with Crippen LogP contribution in [0, 0.1) is 5.41 Å². The van der Waals surface area contributed by atoms with Crippen LogP contribution in [0.15, 0.2) is 54.6 Å². The van der Waals surface area contributed by atoms with Gasteiger partial charge in [-0.1, -0.05) is 49.4 Å². The number of hydrogen-bond acceptors (Lipinski definition) is 4. The van der Waals surface area contributed by atoms with Gasteiger partial charge >= 0.3 is 0 Å². The SMILES string of the molecule is C[C@H](O)[C@@](C)(CNC(=O)CCN1C(=O)COc2ccccc21)Cc1ccccc1. The van der Waals surface area contributed by atoms with E-state index in [2.05, 4.69) is 5.32 Å². The normalized spacial score (nSPS) is 16.4. The zero-order valence-corrected chi connectivity index (χ0v) is 16.9. The molecule has 2 aromatic rings. The van der Waals surface area contributed by atoms with Gasteiger partial charge in [0.25, 0.3) is 5.91 Å². The van der Waals surface area contributed by atoms with Crippen LogP contribution < -0.4 is 15.0 Å². The van der Waals surface area contributed by atoms with Crippen molar-refractivity contribution in [1.29, 1.82) is 0 Å². The van der Waals surface area contributed by atoms with Gasteiger partial charge in [0.05, 0.1) is 11.8 Å². The molecule has 6 nitrogen and oxygen atoms in total. The smallest absolute Gasteiger partial charge is 0.265 e. The number of fused-ring (bicyclic) bond motifs is 1. The van der Waals surface area contributed by atoms with Gasteiger partial charge in [0.2, 0.25) is 5.91 Å². The number of nitrogens with zero attached hydrogens (tertiary/aromatic N) is 1. The minimum absolute atomic E-state index is 0.0180. The minimum Gasteiger partial charge on any atom is -0.482 e. The van der Waals surface area contributed by atoms with E-state index < -0.39 is 11.5 Å². The van der Waals surface area contributed by atoms with Crippen LogP contribution in [0.1, 0.15) is 25.8 Å². The van der Waals surface area contributed by atoms with E-state index in [9.17, 15) is 14.7 Å². The van der Waals surface area contributed by atoms with Crippen LogP contribution in [0.2, 0.25) is 0 Å². The monoisotopic (exact) mass is 396 g/mol. The molecule has 1 heterocycles. The lowest BCUT2D eigenvalue weighted by molar-refractivity contribution is -0.122. The lowest BCUT2D eigenvalue weighted by Crippen LogP contribution is -2.45. The quantitative estimate of drug-likeness (QED) is 0.719. The predicted molar refractivity (Wildman–Crippen MR) is 112 cm³/mol. The average Bonchev–Trinajstić information content (AvgIpc) is 2.72. The van der Waals surface area contributed by atoms with E-state index in [1.54, 1.807) is 11.8 Å². The lowest BCUT2D eigenvalue weighted by Gasteiger charge is -2.33. The molecular formula is C23H28N2O4. The number of benzene rings is 2. The first kappa shape index (κ1) is 20.9. The maximum absolute atomic E-state index is 12.5. The molecule has 0 radical (unpaired) electrons. The Morgan fingerprint density at radius 3 is 2.62 bits per heavy atom. The molecule has 0 saturated heterocycles. The van der Waals surface area contributed by atoms with Crippen molar-refractivity contribution in [3.8, 4) is 5.75 Å². The van der Waals surface area contributed by atoms with Gasteiger partial charge < -0.3 is 20.1 Å². The second-order valence-electron chi connectivity index (χ2n) is 7.82. The third-order valence-corrected chi connectivity index (χ3v) is 5.52. The highest BCUT2D eigenvalue weighted by Gasteiger charge is 2.31. The van der Waals surface area contributed by atoms with Crippen molar-refractivity contribution in [3.05, 3.63) is 60.2 Å². The molecule has 1 aliphatic rings. The average molecular weight is 396 g/mol. The fraction of sp³-hybridized carbons (Fsp3) is 0.391. The Labute approximate surface area is 171 Å². The lowest BCUT2D eigenvalue weighted by atomic mass is 9.79. The zero-order valence-electron chi connectivity index (χ0n) is 16.9. The Bertz CT molecular complexity index is 853. The molecule has 0 fully saturated rings. The van der Waals surface area contributed by atoms with Gasteiger partial charge in [-0.15, -0.1) is 0 Å². The van der Waals surface area contributed by atoms with E-state index in [4.69, 9.17) is 4.74 Å². The summed E-state index contributed by atoms with van der Waals surface area (Å²) in [6.07, 6.45) is 0.248. The highest BCUT2D eigenvalue weighted by molar-refractivity contribution is 5.98. The Balaban J connectivity index is 1.57. The van der Waals surface area contributed by atoms with Crippen molar-refractivity contribution < 1.29 is 19.4 Å². The van der Waals surface area contributed by atoms with Crippen molar-refractivity contribution in [2.45, 2.75) is 32.8 Å². The summed E-state index contributed by atoms with van der Waals surface area (Å²) in [6, 6.07) is 17.2. The van der Waals surface area contributed by atoms with Gasteiger partial charge in [-0.05, 0) is 31.0 Å². The number of hydrogen-bond donors (Lipinski definition) is 2. The highest BCUT2D eigenvalue weighted by Crippen LogP contribution is 2.31. The Kier molecular flexibility index (Phi) is 6.54. The molecule has 2 aromatic carbocycles. The summed E-state index contributed by atoms with van der Waals surface area (Å²) in [5, 5.41) is 13.2. The molecule has 2 atom stereocenters. The van der Waals surface area contributed by atoms with Gasteiger partial charge in [-0.25, -0.2) is 0 Å². The largest absolute Gasteiger partial charge is 0.482 e. The molecule has 0 saturated carbocycles. The first-order valence-corrected chi connectivity index (χ1v) is 9.90. The van der Waals surface area contributed by atoms with Crippen LogP contribution in [-0.2, 0) is 16.0 Å². The summed E-state index contributed by atoms with van der Waals surface area (Å²) >= 11 is 0. The second kappa shape index (κ2) is 9.09. The van der Waals surface area contributed by atoms with Crippen LogP contribution in [0.3, 0.4) is 0 Å². The topological polar surface area (TPSA) is 78.9 Å². The summed E-state index contributed by atoms with van der Waals surface area (Å²) in [5.41, 5.74) is 1.31. The fourth-order valence-corrected chi connectivity index (χ4v) is 3.42. The number of carbonyl (C=O) groups excluding carboxylic acids is 2. The van der Waals surface area contributed by atoms with Crippen LogP contribution >= 0.6 is 0 Å². The number of amides is 2. The highest BCUT2D eigenvalue weighted by atomic mass is 16.5. The Morgan fingerprint density at radius 1 is 1.21 bits per heavy atom. The maximum Gasteiger partial charge on any atom is 0.265 e. The predicted octanol–water partition coefficient (Wildman–Crippen LogP) is 2.55. The Morgan fingerprint density at radius 2 is 1.90 bits per heavy atom. The van der Waals surface area contributed by atoms with Crippen molar-refractivity contribution in [1.82, 2.24) is 5.32 Å². The maximum atomic E-state index is 12.5. The van der Waals surface area contributed by atoms with Gasteiger partial charge in [-0.3, -0.25) is 9.59 Å². The molecule has 1 aliphatic heterocycles. The molecule has 154 valence electrons. The third-order valence-electron chi connectivity index (χ3n) is 5.52. The molecule has 0 aliphatic carbocycles. The molecule has 3 rings (SSSR count). The molecule has 2 amide bonds. The number of rotatable bonds is 8. The number of aliphatic hydroxyl groups is 1. The molecule has 0 spiro atoms. The summed E-state index contributed by atoms with van der Waals surface area (Å²) < 4.78 is 5.43. The molecule has 2 N–H and O–H groups in total. The van der Waals surface area contributed by atoms with E-state index in [0.717, 1.165) is 5.56 Å². The number of nitrogens with one attached hydrogen (secondary N) is 1. The van der Waals surface area contributed by atoms with E-state index >= 15 is 0 Å². The number of carbonyl (C=O) groups is 2. The van der Waals surface area contributed by atoms with Crippen molar-refractivity contribution in [3.63, 3.8) is 0 Å². The first-order chi connectivity index (χ1) is 13.9. The van der Waals surface area contributed by atoms with Gasteiger partial charge in [-0.2, -0.15) is 0 Å². The summed E-state index contributed by atoms with van der Waals surface area (Å²) in [6.45, 7) is 4.34. The fourth-order valence-electron chi connectivity index (χ4n) is 3.42. The molecule has 0 aromatic heterocycles. The standard InChI is InChI=1S/C23H28N2O4/c1-17(26)23(2,14-18-8-4-3-5-9-18)16-24-21(27)12-13-25-19-10-6-7-11-20(19)29-15-22(25)28/h3-11,17,26H,12-16H2,1-2H3,(H,24,27)/t17-,23+/m0/s1. The van der Waals surface area contributed by atoms with E-state index in [-0.39, 0.29) is 31.4 Å². The minimum atomic E-state index is -0.587. The third kappa shape index (κ3) is 5.15. The zero-order chi connectivity index (χ0) is 20.9. The van der Waals surface area contributed by atoms with Gasteiger partial charge in [0.15, 0.2) is 6.61 Å². The van der Waals surface area contributed by atoms with Crippen LogP contribution in [0.4, 0.5) is 5.69 Å². The first-order valence-electron chi connectivity index (χ1n) is 9.90.